The maximum absolute atomic E-state index is 13.0. The highest BCUT2D eigenvalue weighted by Gasteiger charge is 2.34. The van der Waals surface area contributed by atoms with E-state index in [2.05, 4.69) is 25.3 Å². The Morgan fingerprint density at radius 1 is 1.31 bits per heavy atom. The standard InChI is InChI=1S/C15H12F3N5O2S/c1-7(26-14-22-11-10(13(25)23-14)19-6-20-11)12(24)21-9-5-3-2-4-8(9)15(16,17)18/h2-7H,1H3,(H,21,24)(H2,19,20,22,23,25)/t7-/m0/s1. The Balaban J connectivity index is 1.77. The number of carbonyl (C=O) groups is 1. The molecular formula is C15H12F3N5O2S. The minimum absolute atomic E-state index is 0.140. The van der Waals surface area contributed by atoms with Gasteiger partial charge in [-0.05, 0) is 19.1 Å². The first-order valence-corrected chi connectivity index (χ1v) is 8.21. The first-order valence-electron chi connectivity index (χ1n) is 7.33. The molecule has 0 spiro atoms. The van der Waals surface area contributed by atoms with Crippen LogP contribution in [0.5, 0.6) is 0 Å². The number of aromatic amines is 2. The van der Waals surface area contributed by atoms with E-state index in [0.717, 1.165) is 17.8 Å². The van der Waals surface area contributed by atoms with Gasteiger partial charge in [-0.1, -0.05) is 23.9 Å². The number of aromatic nitrogens is 4. The summed E-state index contributed by atoms with van der Waals surface area (Å²) >= 11 is 0.903. The number of fused-ring (bicyclic) bond motifs is 1. The molecule has 0 fully saturated rings. The van der Waals surface area contributed by atoms with Crippen molar-refractivity contribution in [1.29, 1.82) is 0 Å². The van der Waals surface area contributed by atoms with Crippen LogP contribution in [0.1, 0.15) is 12.5 Å². The van der Waals surface area contributed by atoms with Gasteiger partial charge in [0.1, 0.15) is 0 Å². The van der Waals surface area contributed by atoms with Gasteiger partial charge in [0.05, 0.1) is 22.8 Å². The van der Waals surface area contributed by atoms with Gasteiger partial charge in [-0.25, -0.2) is 9.97 Å². The smallest absolute Gasteiger partial charge is 0.339 e. The molecule has 1 amide bonds. The lowest BCUT2D eigenvalue weighted by Gasteiger charge is -2.15. The topological polar surface area (TPSA) is 104 Å². The second-order valence-corrected chi connectivity index (χ2v) is 6.59. The number of rotatable bonds is 4. The van der Waals surface area contributed by atoms with Gasteiger partial charge in [-0.15, -0.1) is 0 Å². The second-order valence-electron chi connectivity index (χ2n) is 5.26. The number of amides is 1. The summed E-state index contributed by atoms with van der Waals surface area (Å²) < 4.78 is 39.0. The molecule has 1 aromatic carbocycles. The van der Waals surface area contributed by atoms with Crippen LogP contribution in [0.25, 0.3) is 11.2 Å². The lowest BCUT2D eigenvalue weighted by molar-refractivity contribution is -0.137. The Hall–Kier alpha value is -2.82. The van der Waals surface area contributed by atoms with Gasteiger partial charge in [0, 0.05) is 0 Å². The molecule has 3 rings (SSSR count). The molecule has 7 nitrogen and oxygen atoms in total. The molecule has 0 aliphatic carbocycles. The SMILES string of the molecule is C[C@H](Sc1nc2nc[nH]c2c(=O)[nH]1)C(=O)Nc1ccccc1C(F)(F)F. The van der Waals surface area contributed by atoms with Crippen molar-refractivity contribution in [2.45, 2.75) is 23.5 Å². The van der Waals surface area contributed by atoms with E-state index in [9.17, 15) is 22.8 Å². The highest BCUT2D eigenvalue weighted by Crippen LogP contribution is 2.35. The molecule has 0 aliphatic heterocycles. The number of benzene rings is 1. The van der Waals surface area contributed by atoms with E-state index in [1.165, 1.54) is 31.5 Å². The summed E-state index contributed by atoms with van der Waals surface area (Å²) in [6, 6.07) is 4.70. The van der Waals surface area contributed by atoms with E-state index in [4.69, 9.17) is 0 Å². The molecule has 0 saturated heterocycles. The van der Waals surface area contributed by atoms with E-state index in [1.807, 2.05) is 0 Å². The molecule has 136 valence electrons. The molecule has 0 unspecified atom stereocenters. The number of para-hydroxylation sites is 1. The lowest BCUT2D eigenvalue weighted by atomic mass is 10.1. The fourth-order valence-electron chi connectivity index (χ4n) is 2.17. The number of H-pyrrole nitrogens is 2. The molecule has 11 heteroatoms. The van der Waals surface area contributed by atoms with Crippen molar-refractivity contribution < 1.29 is 18.0 Å². The number of carbonyl (C=O) groups excluding carboxylic acids is 1. The quantitative estimate of drug-likeness (QED) is 0.475. The third kappa shape index (κ3) is 3.72. The Kier molecular flexibility index (Phi) is 4.72. The van der Waals surface area contributed by atoms with Crippen LogP contribution in [0.4, 0.5) is 18.9 Å². The van der Waals surface area contributed by atoms with Crippen LogP contribution >= 0.6 is 11.8 Å². The summed E-state index contributed by atoms with van der Waals surface area (Å²) in [4.78, 5) is 37.2. The molecule has 2 aromatic heterocycles. The first kappa shape index (κ1) is 18.0. The van der Waals surface area contributed by atoms with Crippen LogP contribution in [0.2, 0.25) is 0 Å². The molecule has 2 heterocycles. The Labute approximate surface area is 148 Å². The number of imidazole rings is 1. The monoisotopic (exact) mass is 383 g/mol. The third-order valence-electron chi connectivity index (χ3n) is 3.42. The molecule has 26 heavy (non-hydrogen) atoms. The number of thioether (sulfide) groups is 1. The molecule has 0 aliphatic rings. The van der Waals surface area contributed by atoms with Crippen molar-refractivity contribution in [3.63, 3.8) is 0 Å². The van der Waals surface area contributed by atoms with Crippen molar-refractivity contribution in [2.75, 3.05) is 5.32 Å². The number of alkyl halides is 3. The maximum Gasteiger partial charge on any atom is 0.418 e. The van der Waals surface area contributed by atoms with Crippen molar-refractivity contribution in [3.05, 3.63) is 46.5 Å². The molecule has 0 radical (unpaired) electrons. The third-order valence-corrected chi connectivity index (χ3v) is 4.41. The van der Waals surface area contributed by atoms with Crippen molar-refractivity contribution >= 4 is 34.5 Å². The zero-order chi connectivity index (χ0) is 18.9. The zero-order valence-electron chi connectivity index (χ0n) is 13.2. The molecule has 3 N–H and O–H groups in total. The van der Waals surface area contributed by atoms with Crippen LogP contribution < -0.4 is 10.9 Å². The minimum atomic E-state index is -4.59. The Morgan fingerprint density at radius 3 is 2.77 bits per heavy atom. The van der Waals surface area contributed by atoms with E-state index in [0.29, 0.717) is 0 Å². The number of hydrogen-bond donors (Lipinski definition) is 3. The lowest BCUT2D eigenvalue weighted by Crippen LogP contribution is -2.25. The Bertz CT molecular complexity index is 1010. The van der Waals surface area contributed by atoms with Crippen LogP contribution in [0, 0.1) is 0 Å². The maximum atomic E-state index is 13.0. The van der Waals surface area contributed by atoms with Crippen LogP contribution in [-0.4, -0.2) is 31.1 Å². The van der Waals surface area contributed by atoms with Gasteiger partial charge < -0.3 is 10.3 Å². The summed E-state index contributed by atoms with van der Waals surface area (Å²) in [7, 11) is 0. The van der Waals surface area contributed by atoms with Crippen LogP contribution in [0.3, 0.4) is 0 Å². The van der Waals surface area contributed by atoms with Crippen molar-refractivity contribution in [2.24, 2.45) is 0 Å². The van der Waals surface area contributed by atoms with Gasteiger partial charge in [-0.2, -0.15) is 13.2 Å². The normalized spacial score (nSPS) is 12.9. The second kappa shape index (κ2) is 6.83. The summed E-state index contributed by atoms with van der Waals surface area (Å²) in [5.74, 6) is -0.656. The summed E-state index contributed by atoms with van der Waals surface area (Å²) in [5, 5.41) is 1.59. The predicted octanol–water partition coefficient (Wildman–Crippen LogP) is 2.78. The number of halogens is 3. The molecule has 3 aromatic rings. The van der Waals surface area contributed by atoms with Crippen molar-refractivity contribution in [3.8, 4) is 0 Å². The van der Waals surface area contributed by atoms with Crippen LogP contribution in [-0.2, 0) is 11.0 Å². The van der Waals surface area contributed by atoms with Crippen LogP contribution in [0.15, 0.2) is 40.5 Å². The van der Waals surface area contributed by atoms with E-state index >= 15 is 0 Å². The number of nitrogens with zero attached hydrogens (tertiary/aromatic N) is 2. The van der Waals surface area contributed by atoms with Gasteiger partial charge in [0.2, 0.25) is 5.91 Å². The Morgan fingerprint density at radius 2 is 2.04 bits per heavy atom. The zero-order valence-corrected chi connectivity index (χ0v) is 14.0. The van der Waals surface area contributed by atoms with E-state index < -0.39 is 28.5 Å². The minimum Gasteiger partial charge on any atom is -0.339 e. The fourth-order valence-corrected chi connectivity index (χ4v) is 2.96. The fraction of sp³-hybridized carbons (Fsp3) is 0.200. The molecule has 0 saturated carbocycles. The summed E-state index contributed by atoms with van der Waals surface area (Å²) in [6.07, 6.45) is -3.27. The van der Waals surface area contributed by atoms with Crippen molar-refractivity contribution in [1.82, 2.24) is 19.9 Å². The summed E-state index contributed by atoms with van der Waals surface area (Å²) in [5.41, 5.74) is -1.33. The van der Waals surface area contributed by atoms with Gasteiger partial charge in [-0.3, -0.25) is 14.6 Å². The highest BCUT2D eigenvalue weighted by atomic mass is 32.2. The van der Waals surface area contributed by atoms with Gasteiger partial charge >= 0.3 is 6.18 Å². The summed E-state index contributed by atoms with van der Waals surface area (Å²) in [6.45, 7) is 1.49. The van der Waals surface area contributed by atoms with E-state index in [1.54, 1.807) is 0 Å². The highest BCUT2D eigenvalue weighted by molar-refractivity contribution is 8.00. The number of anilines is 1. The van der Waals surface area contributed by atoms with Gasteiger partial charge in [0.25, 0.3) is 5.56 Å². The average Bonchev–Trinajstić information content (AvgIpc) is 3.03. The molecule has 1 atom stereocenters. The average molecular weight is 383 g/mol. The number of nitrogens with one attached hydrogen (secondary N) is 3. The first-order chi connectivity index (χ1) is 12.3. The molecule has 0 bridgehead atoms. The molecular weight excluding hydrogens is 371 g/mol. The number of hydrogen-bond acceptors (Lipinski definition) is 5. The predicted molar refractivity (Wildman–Crippen MR) is 89.9 cm³/mol. The van der Waals surface area contributed by atoms with E-state index in [-0.39, 0.29) is 22.0 Å². The van der Waals surface area contributed by atoms with Gasteiger partial charge in [0.15, 0.2) is 16.3 Å². The largest absolute Gasteiger partial charge is 0.418 e.